The molecule has 2 aromatic rings. The molecule has 0 saturated carbocycles. The summed E-state index contributed by atoms with van der Waals surface area (Å²) in [7, 11) is 0. The lowest BCUT2D eigenvalue weighted by molar-refractivity contribution is -0.122. The number of amides is 2. The van der Waals surface area contributed by atoms with Crippen molar-refractivity contribution < 1.29 is 19.1 Å². The molecule has 172 valence electrons. The fraction of sp³-hybridized carbons (Fsp3) is 0.417. The van der Waals surface area contributed by atoms with Crippen LogP contribution in [0.1, 0.15) is 31.1 Å². The maximum Gasteiger partial charge on any atom is 0.265 e. The Labute approximate surface area is 189 Å². The smallest absolute Gasteiger partial charge is 0.265 e. The molecular formula is C24H32N4O4. The SMILES string of the molecule is CC(Oc1ccccc1)C(=O)Nc1cc(C(=O)NCCN)ccc1N1C(C)COCC1C. The third-order valence-corrected chi connectivity index (χ3v) is 5.32. The molecule has 8 heteroatoms. The standard InChI is InChI=1S/C24H32N4O4/c1-16-14-31-15-17(2)28(16)22-10-9-19(24(30)26-12-11-25)13-21(22)27-23(29)18(3)32-20-7-5-4-6-8-20/h4-10,13,16-18H,11-12,14-15,25H2,1-3H3,(H,26,30)(H,27,29). The Morgan fingerprint density at radius 2 is 1.84 bits per heavy atom. The second kappa shape index (κ2) is 11.0. The van der Waals surface area contributed by atoms with Crippen LogP contribution in [0.4, 0.5) is 11.4 Å². The van der Waals surface area contributed by atoms with Gasteiger partial charge in [-0.1, -0.05) is 18.2 Å². The number of nitrogens with one attached hydrogen (secondary N) is 2. The monoisotopic (exact) mass is 440 g/mol. The van der Waals surface area contributed by atoms with Gasteiger partial charge in [0.25, 0.3) is 11.8 Å². The van der Waals surface area contributed by atoms with Crippen LogP contribution in [0.3, 0.4) is 0 Å². The molecular weight excluding hydrogens is 408 g/mol. The molecule has 1 aliphatic rings. The summed E-state index contributed by atoms with van der Waals surface area (Å²) < 4.78 is 11.4. The highest BCUT2D eigenvalue weighted by molar-refractivity contribution is 6.01. The van der Waals surface area contributed by atoms with Crippen LogP contribution in [0.15, 0.2) is 48.5 Å². The number of nitrogens with two attached hydrogens (primary N) is 1. The molecule has 2 amide bonds. The van der Waals surface area contributed by atoms with Crippen LogP contribution in [-0.4, -0.2) is 56.3 Å². The number of rotatable bonds is 8. The van der Waals surface area contributed by atoms with Crippen molar-refractivity contribution in [1.82, 2.24) is 5.32 Å². The number of hydrogen-bond donors (Lipinski definition) is 3. The zero-order valence-electron chi connectivity index (χ0n) is 18.8. The van der Waals surface area contributed by atoms with Gasteiger partial charge in [-0.05, 0) is 51.1 Å². The maximum absolute atomic E-state index is 13.0. The van der Waals surface area contributed by atoms with Gasteiger partial charge in [-0.15, -0.1) is 0 Å². The molecule has 8 nitrogen and oxygen atoms in total. The number of benzene rings is 2. The molecule has 0 radical (unpaired) electrons. The van der Waals surface area contributed by atoms with Crippen molar-refractivity contribution in [2.24, 2.45) is 5.73 Å². The minimum absolute atomic E-state index is 0.115. The van der Waals surface area contributed by atoms with Gasteiger partial charge in [-0.2, -0.15) is 0 Å². The molecule has 4 N–H and O–H groups in total. The summed E-state index contributed by atoms with van der Waals surface area (Å²) >= 11 is 0. The number of hydrogen-bond acceptors (Lipinski definition) is 6. The fourth-order valence-electron chi connectivity index (χ4n) is 3.76. The van der Waals surface area contributed by atoms with Crippen LogP contribution in [0.2, 0.25) is 0 Å². The van der Waals surface area contributed by atoms with E-state index in [1.165, 1.54) is 0 Å². The molecule has 3 unspecified atom stereocenters. The average molecular weight is 441 g/mol. The van der Waals surface area contributed by atoms with E-state index in [2.05, 4.69) is 29.4 Å². The first-order chi connectivity index (χ1) is 15.4. The third kappa shape index (κ3) is 5.77. The van der Waals surface area contributed by atoms with Gasteiger partial charge in [-0.3, -0.25) is 9.59 Å². The first kappa shape index (κ1) is 23.6. The zero-order valence-corrected chi connectivity index (χ0v) is 18.8. The number of nitrogens with zero attached hydrogens (tertiary/aromatic N) is 1. The summed E-state index contributed by atoms with van der Waals surface area (Å²) in [6, 6.07) is 14.7. The molecule has 3 atom stereocenters. The maximum atomic E-state index is 13.0. The van der Waals surface area contributed by atoms with E-state index in [1.54, 1.807) is 31.2 Å². The van der Waals surface area contributed by atoms with Gasteiger partial charge in [0.05, 0.1) is 24.6 Å². The number of carbonyl (C=O) groups excluding carboxylic acids is 2. The van der Waals surface area contributed by atoms with E-state index in [4.69, 9.17) is 15.2 Å². The number of carbonyl (C=O) groups is 2. The quantitative estimate of drug-likeness (QED) is 0.582. The van der Waals surface area contributed by atoms with Gasteiger partial charge < -0.3 is 30.7 Å². The Kier molecular flexibility index (Phi) is 8.08. The van der Waals surface area contributed by atoms with Crippen molar-refractivity contribution in [3.8, 4) is 5.75 Å². The van der Waals surface area contributed by atoms with Gasteiger partial charge in [0, 0.05) is 30.7 Å². The molecule has 0 aromatic heterocycles. The van der Waals surface area contributed by atoms with Gasteiger partial charge in [0.15, 0.2) is 6.10 Å². The Hall–Kier alpha value is -3.10. The minimum Gasteiger partial charge on any atom is -0.481 e. The highest BCUT2D eigenvalue weighted by Crippen LogP contribution is 2.32. The molecule has 3 rings (SSSR count). The molecule has 1 fully saturated rings. The van der Waals surface area contributed by atoms with Gasteiger partial charge in [0.1, 0.15) is 5.75 Å². The summed E-state index contributed by atoms with van der Waals surface area (Å²) in [5.41, 5.74) is 7.33. The Balaban J connectivity index is 1.87. The molecule has 1 saturated heterocycles. The third-order valence-electron chi connectivity index (χ3n) is 5.32. The number of para-hydroxylation sites is 1. The van der Waals surface area contributed by atoms with Crippen molar-refractivity contribution in [3.05, 3.63) is 54.1 Å². The van der Waals surface area contributed by atoms with Crippen LogP contribution >= 0.6 is 0 Å². The van der Waals surface area contributed by atoms with E-state index in [0.29, 0.717) is 43.3 Å². The van der Waals surface area contributed by atoms with Crippen LogP contribution in [-0.2, 0) is 9.53 Å². The Bertz CT molecular complexity index is 911. The van der Waals surface area contributed by atoms with Crippen molar-refractivity contribution in [2.45, 2.75) is 39.0 Å². The van der Waals surface area contributed by atoms with Crippen molar-refractivity contribution in [2.75, 3.05) is 36.5 Å². The van der Waals surface area contributed by atoms with E-state index < -0.39 is 6.10 Å². The largest absolute Gasteiger partial charge is 0.481 e. The predicted octanol–water partition coefficient (Wildman–Crippen LogP) is 2.39. The first-order valence-electron chi connectivity index (χ1n) is 10.9. The predicted molar refractivity (Wildman–Crippen MR) is 125 cm³/mol. The second-order valence-electron chi connectivity index (χ2n) is 7.98. The topological polar surface area (TPSA) is 106 Å². The summed E-state index contributed by atoms with van der Waals surface area (Å²) in [5.74, 6) is 0.0676. The van der Waals surface area contributed by atoms with Crippen molar-refractivity contribution >= 4 is 23.2 Å². The van der Waals surface area contributed by atoms with Crippen molar-refractivity contribution in [1.29, 1.82) is 0 Å². The number of ether oxygens (including phenoxy) is 2. The van der Waals surface area contributed by atoms with E-state index in [-0.39, 0.29) is 23.9 Å². The van der Waals surface area contributed by atoms with Crippen LogP contribution in [0, 0.1) is 0 Å². The van der Waals surface area contributed by atoms with Crippen LogP contribution < -0.4 is 26.0 Å². The molecule has 0 aliphatic carbocycles. The van der Waals surface area contributed by atoms with E-state index >= 15 is 0 Å². The lowest BCUT2D eigenvalue weighted by Gasteiger charge is -2.41. The Morgan fingerprint density at radius 3 is 2.50 bits per heavy atom. The molecule has 0 spiro atoms. The number of anilines is 2. The van der Waals surface area contributed by atoms with Gasteiger partial charge in [0.2, 0.25) is 0 Å². The molecule has 32 heavy (non-hydrogen) atoms. The normalized spacial score (nSPS) is 19.2. The molecule has 1 heterocycles. The first-order valence-corrected chi connectivity index (χ1v) is 10.9. The van der Waals surface area contributed by atoms with E-state index in [9.17, 15) is 9.59 Å². The molecule has 0 bridgehead atoms. The average Bonchev–Trinajstić information content (AvgIpc) is 2.78. The summed E-state index contributed by atoms with van der Waals surface area (Å²) in [6.07, 6.45) is -0.723. The molecule has 2 aromatic carbocycles. The van der Waals surface area contributed by atoms with E-state index in [0.717, 1.165) is 5.69 Å². The lowest BCUT2D eigenvalue weighted by atomic mass is 10.1. The van der Waals surface area contributed by atoms with Crippen molar-refractivity contribution in [3.63, 3.8) is 0 Å². The van der Waals surface area contributed by atoms with Gasteiger partial charge in [-0.25, -0.2) is 0 Å². The highest BCUT2D eigenvalue weighted by atomic mass is 16.5. The van der Waals surface area contributed by atoms with Crippen LogP contribution in [0.5, 0.6) is 5.75 Å². The lowest BCUT2D eigenvalue weighted by Crippen LogP contribution is -2.50. The highest BCUT2D eigenvalue weighted by Gasteiger charge is 2.29. The van der Waals surface area contributed by atoms with E-state index in [1.807, 2.05) is 24.3 Å². The summed E-state index contributed by atoms with van der Waals surface area (Å²) in [6.45, 7) is 7.74. The fourth-order valence-corrected chi connectivity index (χ4v) is 3.76. The zero-order chi connectivity index (χ0) is 23.1. The summed E-state index contributed by atoms with van der Waals surface area (Å²) in [5, 5.41) is 5.74. The molecule has 1 aliphatic heterocycles. The second-order valence-corrected chi connectivity index (χ2v) is 7.98. The Morgan fingerprint density at radius 1 is 1.16 bits per heavy atom. The van der Waals surface area contributed by atoms with Crippen LogP contribution in [0.25, 0.3) is 0 Å². The number of morpholine rings is 1. The minimum atomic E-state index is -0.723. The summed E-state index contributed by atoms with van der Waals surface area (Å²) in [4.78, 5) is 27.7. The van der Waals surface area contributed by atoms with Gasteiger partial charge >= 0.3 is 0 Å².